The number of aliphatic hydroxyl groups is 1. The lowest BCUT2D eigenvalue weighted by atomic mass is 10.2. The first-order valence-electron chi connectivity index (χ1n) is 7.03. The van der Waals surface area contributed by atoms with Crippen molar-refractivity contribution in [2.75, 3.05) is 19.8 Å². The summed E-state index contributed by atoms with van der Waals surface area (Å²) in [6.07, 6.45) is 2.55. The van der Waals surface area contributed by atoms with Crippen LogP contribution in [0.4, 0.5) is 0 Å². The van der Waals surface area contributed by atoms with Gasteiger partial charge in [-0.1, -0.05) is 6.07 Å². The van der Waals surface area contributed by atoms with E-state index in [0.717, 1.165) is 57.1 Å². The molecule has 19 heavy (non-hydrogen) atoms. The summed E-state index contributed by atoms with van der Waals surface area (Å²) in [6, 6.07) is 6.09. The molecule has 0 fully saturated rings. The molecule has 1 aromatic rings. The first-order chi connectivity index (χ1) is 9.25. The van der Waals surface area contributed by atoms with Gasteiger partial charge in [0, 0.05) is 13.0 Å². The molecule has 1 heterocycles. The van der Waals surface area contributed by atoms with Gasteiger partial charge in [0.1, 0.15) is 0 Å². The maximum absolute atomic E-state index is 9.17. The summed E-state index contributed by atoms with van der Waals surface area (Å²) in [4.78, 5) is 0. The highest BCUT2D eigenvalue weighted by atomic mass is 16.5. The fraction of sp³-hybridized carbons (Fsp3) is 0.600. The zero-order chi connectivity index (χ0) is 13.5. The van der Waals surface area contributed by atoms with Crippen molar-refractivity contribution in [2.24, 2.45) is 0 Å². The summed E-state index contributed by atoms with van der Waals surface area (Å²) in [6.45, 7) is 5.00. The smallest absolute Gasteiger partial charge is 0.161 e. The molecule has 0 radical (unpaired) electrons. The first kappa shape index (κ1) is 14.2. The summed E-state index contributed by atoms with van der Waals surface area (Å²) in [5.41, 5.74) is 1.20. The summed E-state index contributed by atoms with van der Waals surface area (Å²) in [5, 5.41) is 12.5. The lowest BCUT2D eigenvalue weighted by Crippen LogP contribution is -2.16. The number of rotatable bonds is 6. The summed E-state index contributed by atoms with van der Waals surface area (Å²) in [5.74, 6) is 1.69. The van der Waals surface area contributed by atoms with Gasteiger partial charge in [-0.25, -0.2) is 0 Å². The number of fused-ring (bicyclic) bond motifs is 1. The van der Waals surface area contributed by atoms with E-state index in [0.29, 0.717) is 0 Å². The molecule has 4 nitrogen and oxygen atoms in total. The van der Waals surface area contributed by atoms with Crippen molar-refractivity contribution in [2.45, 2.75) is 38.8 Å². The van der Waals surface area contributed by atoms with Crippen LogP contribution in [0.25, 0.3) is 0 Å². The second-order valence-corrected chi connectivity index (χ2v) is 5.00. The number of hydrogen-bond donors (Lipinski definition) is 2. The van der Waals surface area contributed by atoms with Gasteiger partial charge >= 0.3 is 0 Å². The molecule has 0 saturated carbocycles. The number of benzene rings is 1. The van der Waals surface area contributed by atoms with E-state index in [1.54, 1.807) is 0 Å². The zero-order valence-corrected chi connectivity index (χ0v) is 11.5. The van der Waals surface area contributed by atoms with E-state index in [-0.39, 0.29) is 6.10 Å². The van der Waals surface area contributed by atoms with Crippen molar-refractivity contribution >= 4 is 0 Å². The molecule has 0 spiro atoms. The van der Waals surface area contributed by atoms with Crippen LogP contribution in [-0.4, -0.2) is 31.0 Å². The van der Waals surface area contributed by atoms with Crippen molar-refractivity contribution in [1.29, 1.82) is 0 Å². The quantitative estimate of drug-likeness (QED) is 0.773. The maximum atomic E-state index is 9.17. The van der Waals surface area contributed by atoms with Crippen LogP contribution in [0.2, 0.25) is 0 Å². The van der Waals surface area contributed by atoms with Gasteiger partial charge in [-0.3, -0.25) is 0 Å². The van der Waals surface area contributed by atoms with Crippen molar-refractivity contribution in [3.05, 3.63) is 23.8 Å². The van der Waals surface area contributed by atoms with Crippen LogP contribution in [-0.2, 0) is 6.54 Å². The Morgan fingerprint density at radius 3 is 2.84 bits per heavy atom. The average molecular weight is 265 g/mol. The van der Waals surface area contributed by atoms with Gasteiger partial charge in [-0.05, 0) is 44.0 Å². The Balaban J connectivity index is 1.79. The van der Waals surface area contributed by atoms with Gasteiger partial charge in [0.2, 0.25) is 0 Å². The Hall–Kier alpha value is -1.26. The predicted molar refractivity (Wildman–Crippen MR) is 74.7 cm³/mol. The van der Waals surface area contributed by atoms with E-state index >= 15 is 0 Å². The van der Waals surface area contributed by atoms with Crippen LogP contribution < -0.4 is 14.8 Å². The van der Waals surface area contributed by atoms with Gasteiger partial charge in [0.15, 0.2) is 11.5 Å². The highest BCUT2D eigenvalue weighted by Crippen LogP contribution is 2.30. The van der Waals surface area contributed by atoms with E-state index < -0.39 is 0 Å². The Kier molecular flexibility index (Phi) is 5.48. The van der Waals surface area contributed by atoms with E-state index in [2.05, 4.69) is 11.4 Å². The second kappa shape index (κ2) is 7.36. The molecule has 0 amide bonds. The monoisotopic (exact) mass is 265 g/mol. The molecular weight excluding hydrogens is 242 g/mol. The summed E-state index contributed by atoms with van der Waals surface area (Å²) < 4.78 is 11.3. The summed E-state index contributed by atoms with van der Waals surface area (Å²) in [7, 11) is 0. The first-order valence-corrected chi connectivity index (χ1v) is 7.03. The van der Waals surface area contributed by atoms with Gasteiger partial charge in [0.05, 0.1) is 19.3 Å². The van der Waals surface area contributed by atoms with Gasteiger partial charge in [-0.2, -0.15) is 0 Å². The Morgan fingerprint density at radius 2 is 2.05 bits per heavy atom. The average Bonchev–Trinajstić information content (AvgIpc) is 2.62. The van der Waals surface area contributed by atoms with E-state index in [4.69, 9.17) is 14.6 Å². The third kappa shape index (κ3) is 4.73. The Morgan fingerprint density at radius 1 is 1.26 bits per heavy atom. The molecule has 1 aromatic carbocycles. The highest BCUT2D eigenvalue weighted by Gasteiger charge is 2.10. The van der Waals surface area contributed by atoms with Gasteiger partial charge in [-0.15, -0.1) is 0 Å². The largest absolute Gasteiger partial charge is 0.490 e. The fourth-order valence-electron chi connectivity index (χ4n) is 2.07. The topological polar surface area (TPSA) is 50.7 Å². The summed E-state index contributed by atoms with van der Waals surface area (Å²) >= 11 is 0. The van der Waals surface area contributed by atoms with Crippen LogP contribution in [0, 0.1) is 0 Å². The number of nitrogens with one attached hydrogen (secondary N) is 1. The molecule has 2 N–H and O–H groups in total. The lowest BCUT2D eigenvalue weighted by Gasteiger charge is -2.10. The van der Waals surface area contributed by atoms with Crippen LogP contribution in [0.1, 0.15) is 31.7 Å². The number of hydrogen-bond acceptors (Lipinski definition) is 4. The zero-order valence-electron chi connectivity index (χ0n) is 11.5. The van der Waals surface area contributed by atoms with E-state index in [1.165, 1.54) is 5.56 Å². The van der Waals surface area contributed by atoms with Gasteiger partial charge < -0.3 is 19.9 Å². The van der Waals surface area contributed by atoms with Crippen LogP contribution in [0.15, 0.2) is 18.2 Å². The van der Waals surface area contributed by atoms with E-state index in [1.807, 2.05) is 19.1 Å². The standard InChI is InChI=1S/C15H23NO3/c1-12(17)4-2-7-16-11-13-5-6-14-15(10-13)19-9-3-8-18-14/h5-6,10,12,16-17H,2-4,7-9,11H2,1H3. The van der Waals surface area contributed by atoms with Crippen LogP contribution in [0.5, 0.6) is 11.5 Å². The molecule has 1 aliphatic heterocycles. The third-order valence-electron chi connectivity index (χ3n) is 3.12. The number of ether oxygens (including phenoxy) is 2. The molecule has 1 unspecified atom stereocenters. The van der Waals surface area contributed by atoms with E-state index in [9.17, 15) is 0 Å². The normalized spacial score (nSPS) is 15.9. The second-order valence-electron chi connectivity index (χ2n) is 5.00. The predicted octanol–water partition coefficient (Wildman–Crippen LogP) is 2.10. The minimum atomic E-state index is -0.208. The molecule has 0 bridgehead atoms. The van der Waals surface area contributed by atoms with Crippen LogP contribution in [0.3, 0.4) is 0 Å². The minimum Gasteiger partial charge on any atom is -0.490 e. The van der Waals surface area contributed by atoms with Crippen LogP contribution >= 0.6 is 0 Å². The molecular formula is C15H23NO3. The molecule has 2 rings (SSSR count). The van der Waals surface area contributed by atoms with Crippen molar-refractivity contribution < 1.29 is 14.6 Å². The Bertz CT molecular complexity index is 393. The fourth-order valence-corrected chi connectivity index (χ4v) is 2.07. The minimum absolute atomic E-state index is 0.208. The van der Waals surface area contributed by atoms with Crippen molar-refractivity contribution in [3.63, 3.8) is 0 Å². The molecule has 106 valence electrons. The lowest BCUT2D eigenvalue weighted by molar-refractivity contribution is 0.181. The van der Waals surface area contributed by atoms with Crippen molar-refractivity contribution in [3.8, 4) is 11.5 Å². The molecule has 1 aliphatic rings. The molecule has 4 heteroatoms. The SMILES string of the molecule is CC(O)CCCNCc1ccc2c(c1)OCCCO2. The molecule has 0 aromatic heterocycles. The molecule has 0 saturated heterocycles. The maximum Gasteiger partial charge on any atom is 0.161 e. The van der Waals surface area contributed by atoms with Gasteiger partial charge in [0.25, 0.3) is 0 Å². The molecule has 0 aliphatic carbocycles. The highest BCUT2D eigenvalue weighted by molar-refractivity contribution is 5.43. The third-order valence-corrected chi connectivity index (χ3v) is 3.12. The number of aliphatic hydroxyl groups excluding tert-OH is 1. The van der Waals surface area contributed by atoms with Crippen molar-refractivity contribution in [1.82, 2.24) is 5.32 Å². The Labute approximate surface area is 114 Å². The molecule has 1 atom stereocenters.